The van der Waals surface area contributed by atoms with E-state index >= 15 is 0 Å². The van der Waals surface area contributed by atoms with Crippen molar-refractivity contribution in [1.29, 1.82) is 0 Å². The van der Waals surface area contributed by atoms with Crippen molar-refractivity contribution in [2.24, 2.45) is 17.8 Å². The molecule has 1 N–H and O–H groups in total. The summed E-state index contributed by atoms with van der Waals surface area (Å²) < 4.78 is 0. The van der Waals surface area contributed by atoms with Crippen LogP contribution in [0.2, 0.25) is 0 Å². The lowest BCUT2D eigenvalue weighted by Crippen LogP contribution is -2.28. The molecule has 1 aliphatic carbocycles. The smallest absolute Gasteiger partial charge is 0.00719 e. The molecule has 1 aromatic rings. The summed E-state index contributed by atoms with van der Waals surface area (Å²) in [6, 6.07) is 10.8. The molecule has 20 heavy (non-hydrogen) atoms. The van der Waals surface area contributed by atoms with Gasteiger partial charge in [-0.2, -0.15) is 0 Å². The van der Waals surface area contributed by atoms with Gasteiger partial charge in [-0.3, -0.25) is 0 Å². The summed E-state index contributed by atoms with van der Waals surface area (Å²) >= 11 is 2.02. The molecule has 2 rings (SSSR count). The molecule has 0 heterocycles. The van der Waals surface area contributed by atoms with Crippen molar-refractivity contribution in [2.75, 3.05) is 18.8 Å². The maximum atomic E-state index is 3.66. The molecule has 1 nitrogen and oxygen atoms in total. The van der Waals surface area contributed by atoms with Gasteiger partial charge in [-0.15, -0.1) is 11.8 Å². The van der Waals surface area contributed by atoms with Crippen LogP contribution in [0.4, 0.5) is 0 Å². The first-order valence-corrected chi connectivity index (χ1v) is 9.13. The predicted octanol–water partition coefficient (Wildman–Crippen LogP) is 4.83. The van der Waals surface area contributed by atoms with Crippen LogP contribution in [-0.2, 0) is 0 Å². The molecule has 1 aliphatic rings. The Bertz CT molecular complexity index is 363. The van der Waals surface area contributed by atoms with Crippen LogP contribution >= 0.6 is 11.8 Å². The van der Waals surface area contributed by atoms with Gasteiger partial charge in [0.25, 0.3) is 0 Å². The molecule has 1 aromatic carbocycles. The topological polar surface area (TPSA) is 12.0 Å². The second-order valence-electron chi connectivity index (χ2n) is 6.45. The molecule has 2 unspecified atom stereocenters. The number of hydrogen-bond donors (Lipinski definition) is 1. The molecule has 0 aliphatic heterocycles. The normalized spacial score (nSPS) is 22.6. The summed E-state index contributed by atoms with van der Waals surface area (Å²) in [5.74, 6) is 3.91. The van der Waals surface area contributed by atoms with Crippen LogP contribution in [-0.4, -0.2) is 18.8 Å². The van der Waals surface area contributed by atoms with Gasteiger partial charge in [0, 0.05) is 4.90 Å². The zero-order chi connectivity index (χ0) is 14.2. The summed E-state index contributed by atoms with van der Waals surface area (Å²) in [5.41, 5.74) is 0. The van der Waals surface area contributed by atoms with Crippen molar-refractivity contribution in [3.8, 4) is 0 Å². The molecule has 0 amide bonds. The fourth-order valence-electron chi connectivity index (χ4n) is 3.16. The Morgan fingerprint density at radius 1 is 1.15 bits per heavy atom. The molecule has 112 valence electrons. The second-order valence-corrected chi connectivity index (χ2v) is 7.62. The van der Waals surface area contributed by atoms with Crippen LogP contribution in [0.3, 0.4) is 0 Å². The molecule has 2 atom stereocenters. The largest absolute Gasteiger partial charge is 0.316 e. The van der Waals surface area contributed by atoms with Gasteiger partial charge in [-0.1, -0.05) is 44.9 Å². The highest BCUT2D eigenvalue weighted by molar-refractivity contribution is 7.99. The van der Waals surface area contributed by atoms with E-state index in [0.717, 1.165) is 17.8 Å². The summed E-state index contributed by atoms with van der Waals surface area (Å²) in [6.45, 7) is 6.98. The van der Waals surface area contributed by atoms with E-state index in [-0.39, 0.29) is 0 Å². The molecule has 0 aromatic heterocycles. The fourth-order valence-corrected chi connectivity index (χ4v) is 4.17. The molecular formula is C18H29NS. The van der Waals surface area contributed by atoms with Gasteiger partial charge in [0.1, 0.15) is 0 Å². The summed E-state index contributed by atoms with van der Waals surface area (Å²) in [7, 11) is 0. The van der Waals surface area contributed by atoms with E-state index in [9.17, 15) is 0 Å². The van der Waals surface area contributed by atoms with E-state index in [0.29, 0.717) is 0 Å². The number of hydrogen-bond acceptors (Lipinski definition) is 2. The van der Waals surface area contributed by atoms with Crippen molar-refractivity contribution in [2.45, 2.75) is 44.4 Å². The Balaban J connectivity index is 1.66. The number of thioether (sulfide) groups is 1. The zero-order valence-corrected chi connectivity index (χ0v) is 13.8. The van der Waals surface area contributed by atoms with Crippen LogP contribution in [0.1, 0.15) is 39.5 Å². The maximum absolute atomic E-state index is 3.66. The van der Waals surface area contributed by atoms with Gasteiger partial charge in [-0.25, -0.2) is 0 Å². The van der Waals surface area contributed by atoms with Gasteiger partial charge in [0.2, 0.25) is 0 Å². The van der Waals surface area contributed by atoms with Gasteiger partial charge in [-0.05, 0) is 61.6 Å². The summed E-state index contributed by atoms with van der Waals surface area (Å²) in [6.07, 6.45) is 5.71. The first-order valence-electron chi connectivity index (χ1n) is 8.14. The minimum atomic E-state index is 0.767. The van der Waals surface area contributed by atoms with Gasteiger partial charge < -0.3 is 5.32 Å². The monoisotopic (exact) mass is 291 g/mol. The van der Waals surface area contributed by atoms with Crippen molar-refractivity contribution in [3.05, 3.63) is 30.3 Å². The second kappa shape index (κ2) is 8.74. The van der Waals surface area contributed by atoms with Gasteiger partial charge in [0.15, 0.2) is 0 Å². The first kappa shape index (κ1) is 15.9. The van der Waals surface area contributed by atoms with Crippen LogP contribution in [0.25, 0.3) is 0 Å². The number of rotatable bonds is 8. The van der Waals surface area contributed by atoms with Gasteiger partial charge >= 0.3 is 0 Å². The minimum Gasteiger partial charge on any atom is -0.316 e. The Labute approximate surface area is 128 Å². The lowest BCUT2D eigenvalue weighted by atomic mass is 9.93. The van der Waals surface area contributed by atoms with Crippen molar-refractivity contribution < 1.29 is 0 Å². The maximum Gasteiger partial charge on any atom is 0.00719 e. The molecule has 1 fully saturated rings. The average Bonchev–Trinajstić information content (AvgIpc) is 2.87. The molecule has 2 heteroatoms. The lowest BCUT2D eigenvalue weighted by molar-refractivity contribution is 0.353. The number of benzene rings is 1. The van der Waals surface area contributed by atoms with E-state index in [1.54, 1.807) is 0 Å². The summed E-state index contributed by atoms with van der Waals surface area (Å²) in [4.78, 5) is 1.42. The standard InChI is InChI=1S/C18H29NS/c1-15(2)13-19-14-17-8-6-7-16(17)11-12-20-18-9-4-3-5-10-18/h3-5,9-10,15-17,19H,6-8,11-14H2,1-2H3. The molecular weight excluding hydrogens is 262 g/mol. The quantitative estimate of drug-likeness (QED) is 0.688. The SMILES string of the molecule is CC(C)CNCC1CCCC1CCSc1ccccc1. The van der Waals surface area contributed by atoms with E-state index in [1.807, 2.05) is 11.8 Å². The Morgan fingerprint density at radius 2 is 1.90 bits per heavy atom. The zero-order valence-electron chi connectivity index (χ0n) is 13.0. The highest BCUT2D eigenvalue weighted by Crippen LogP contribution is 2.35. The average molecular weight is 292 g/mol. The first-order chi connectivity index (χ1) is 9.75. The lowest BCUT2D eigenvalue weighted by Gasteiger charge is -2.20. The van der Waals surface area contributed by atoms with Gasteiger partial charge in [0.05, 0.1) is 0 Å². The molecule has 1 saturated carbocycles. The Kier molecular flexibility index (Phi) is 6.95. The van der Waals surface area contributed by atoms with Crippen LogP contribution < -0.4 is 5.32 Å². The van der Waals surface area contributed by atoms with Crippen LogP contribution in [0, 0.1) is 17.8 Å². The molecule has 0 bridgehead atoms. The molecule has 0 saturated heterocycles. The fraction of sp³-hybridized carbons (Fsp3) is 0.667. The summed E-state index contributed by atoms with van der Waals surface area (Å²) in [5, 5.41) is 3.66. The van der Waals surface area contributed by atoms with Crippen LogP contribution in [0.5, 0.6) is 0 Å². The number of nitrogens with one attached hydrogen (secondary N) is 1. The Morgan fingerprint density at radius 3 is 2.65 bits per heavy atom. The van der Waals surface area contributed by atoms with Crippen molar-refractivity contribution in [1.82, 2.24) is 5.32 Å². The third-order valence-electron chi connectivity index (χ3n) is 4.28. The minimum absolute atomic E-state index is 0.767. The van der Waals surface area contributed by atoms with E-state index in [1.165, 1.54) is 49.4 Å². The third kappa shape index (κ3) is 5.49. The van der Waals surface area contributed by atoms with E-state index in [2.05, 4.69) is 49.5 Å². The third-order valence-corrected chi connectivity index (χ3v) is 5.32. The van der Waals surface area contributed by atoms with Crippen LogP contribution in [0.15, 0.2) is 35.2 Å². The molecule has 0 spiro atoms. The van der Waals surface area contributed by atoms with Crippen molar-refractivity contribution >= 4 is 11.8 Å². The van der Waals surface area contributed by atoms with E-state index in [4.69, 9.17) is 0 Å². The molecule has 0 radical (unpaired) electrons. The predicted molar refractivity (Wildman–Crippen MR) is 90.3 cm³/mol. The van der Waals surface area contributed by atoms with Crippen molar-refractivity contribution in [3.63, 3.8) is 0 Å². The van der Waals surface area contributed by atoms with E-state index < -0.39 is 0 Å². The highest BCUT2D eigenvalue weighted by atomic mass is 32.2. The Hall–Kier alpha value is -0.470. The highest BCUT2D eigenvalue weighted by Gasteiger charge is 2.26.